The average molecular weight is 298 g/mol. The SMILES string of the molecule is NC(=O)CC[C@H](NC(=O)NC1CN2CCC1CC2)C(=O)O. The lowest BCUT2D eigenvalue weighted by atomic mass is 9.84. The monoisotopic (exact) mass is 298 g/mol. The van der Waals surface area contributed by atoms with E-state index in [1.54, 1.807) is 0 Å². The number of fused-ring (bicyclic) bond motifs is 3. The minimum atomic E-state index is -1.17. The molecule has 21 heavy (non-hydrogen) atoms. The minimum absolute atomic E-state index is 0.00168. The molecule has 0 aliphatic carbocycles. The number of nitrogens with zero attached hydrogens (tertiary/aromatic N) is 1. The van der Waals surface area contributed by atoms with Crippen LogP contribution in [-0.4, -0.2) is 59.6 Å². The number of hydrogen-bond acceptors (Lipinski definition) is 4. The summed E-state index contributed by atoms with van der Waals surface area (Å²) in [6, 6.07) is -1.53. The van der Waals surface area contributed by atoms with Gasteiger partial charge in [-0.05, 0) is 38.3 Å². The number of piperidine rings is 3. The molecule has 3 heterocycles. The van der Waals surface area contributed by atoms with Gasteiger partial charge in [-0.15, -0.1) is 0 Å². The molecule has 3 fully saturated rings. The summed E-state index contributed by atoms with van der Waals surface area (Å²) in [4.78, 5) is 36.0. The first-order chi connectivity index (χ1) is 9.95. The third-order valence-corrected chi connectivity index (χ3v) is 4.26. The van der Waals surface area contributed by atoms with Gasteiger partial charge in [0.1, 0.15) is 6.04 Å². The van der Waals surface area contributed by atoms with E-state index in [2.05, 4.69) is 15.5 Å². The van der Waals surface area contributed by atoms with Crippen molar-refractivity contribution in [3.05, 3.63) is 0 Å². The van der Waals surface area contributed by atoms with Crippen molar-refractivity contribution in [1.82, 2.24) is 15.5 Å². The van der Waals surface area contributed by atoms with Crippen LogP contribution >= 0.6 is 0 Å². The summed E-state index contributed by atoms with van der Waals surface area (Å²) in [5, 5.41) is 14.3. The zero-order chi connectivity index (χ0) is 15.4. The number of nitrogens with one attached hydrogen (secondary N) is 2. The van der Waals surface area contributed by atoms with Crippen molar-refractivity contribution in [2.24, 2.45) is 11.7 Å². The molecule has 2 atom stereocenters. The molecule has 3 saturated heterocycles. The van der Waals surface area contributed by atoms with Gasteiger partial charge < -0.3 is 26.4 Å². The van der Waals surface area contributed by atoms with E-state index >= 15 is 0 Å². The highest BCUT2D eigenvalue weighted by molar-refractivity contribution is 5.83. The van der Waals surface area contributed by atoms with Crippen LogP contribution < -0.4 is 16.4 Å². The van der Waals surface area contributed by atoms with E-state index < -0.39 is 23.9 Å². The van der Waals surface area contributed by atoms with Crippen LogP contribution in [0.15, 0.2) is 0 Å². The van der Waals surface area contributed by atoms with Crippen molar-refractivity contribution in [2.45, 2.75) is 37.8 Å². The Kier molecular flexibility index (Phi) is 5.00. The van der Waals surface area contributed by atoms with Gasteiger partial charge in [-0.2, -0.15) is 0 Å². The van der Waals surface area contributed by atoms with Crippen LogP contribution in [-0.2, 0) is 9.59 Å². The molecule has 0 aromatic carbocycles. The molecule has 0 spiro atoms. The zero-order valence-electron chi connectivity index (χ0n) is 11.9. The van der Waals surface area contributed by atoms with E-state index in [1.165, 1.54) is 0 Å². The molecule has 0 saturated carbocycles. The number of urea groups is 1. The van der Waals surface area contributed by atoms with Crippen LogP contribution in [0.2, 0.25) is 0 Å². The predicted molar refractivity (Wildman–Crippen MR) is 74.5 cm³/mol. The molecule has 3 aliphatic heterocycles. The summed E-state index contributed by atoms with van der Waals surface area (Å²) in [5.41, 5.74) is 5.00. The Morgan fingerprint density at radius 2 is 1.95 bits per heavy atom. The van der Waals surface area contributed by atoms with Crippen molar-refractivity contribution in [2.75, 3.05) is 19.6 Å². The Balaban J connectivity index is 1.81. The molecule has 3 aliphatic rings. The Labute approximate surface area is 123 Å². The first-order valence-corrected chi connectivity index (χ1v) is 7.26. The van der Waals surface area contributed by atoms with Crippen molar-refractivity contribution in [3.63, 3.8) is 0 Å². The Hall–Kier alpha value is -1.83. The molecule has 3 amide bonds. The van der Waals surface area contributed by atoms with Crippen LogP contribution in [0.1, 0.15) is 25.7 Å². The fraction of sp³-hybridized carbons (Fsp3) is 0.769. The first kappa shape index (κ1) is 15.6. The number of carbonyl (C=O) groups is 3. The molecule has 0 radical (unpaired) electrons. The topological polar surface area (TPSA) is 125 Å². The number of rotatable bonds is 6. The van der Waals surface area contributed by atoms with Gasteiger partial charge in [0.05, 0.1) is 0 Å². The number of amides is 3. The van der Waals surface area contributed by atoms with Gasteiger partial charge in [0.15, 0.2) is 0 Å². The Morgan fingerprint density at radius 1 is 1.29 bits per heavy atom. The number of carbonyl (C=O) groups excluding carboxylic acids is 2. The second-order valence-corrected chi connectivity index (χ2v) is 5.76. The fourth-order valence-electron chi connectivity index (χ4n) is 3.04. The number of carboxylic acids is 1. The lowest BCUT2D eigenvalue weighted by Gasteiger charge is -2.44. The molecule has 8 heteroatoms. The summed E-state index contributed by atoms with van der Waals surface area (Å²) in [6.07, 6.45) is 2.05. The third kappa shape index (κ3) is 4.32. The summed E-state index contributed by atoms with van der Waals surface area (Å²) < 4.78 is 0. The van der Waals surface area contributed by atoms with Gasteiger partial charge in [-0.25, -0.2) is 9.59 Å². The van der Waals surface area contributed by atoms with Crippen molar-refractivity contribution >= 4 is 17.9 Å². The summed E-state index contributed by atoms with van der Waals surface area (Å²) in [5.74, 6) is -1.28. The Bertz CT molecular complexity index is 420. The maximum absolute atomic E-state index is 11.9. The van der Waals surface area contributed by atoms with Crippen molar-refractivity contribution in [3.8, 4) is 0 Å². The van der Waals surface area contributed by atoms with Gasteiger partial charge in [0.25, 0.3) is 0 Å². The lowest BCUT2D eigenvalue weighted by molar-refractivity contribution is -0.139. The maximum atomic E-state index is 11.9. The van der Waals surface area contributed by atoms with E-state index in [0.717, 1.165) is 32.5 Å². The molecule has 1 unspecified atom stereocenters. The lowest BCUT2D eigenvalue weighted by Crippen LogP contribution is -2.59. The molecular formula is C13H22N4O4. The van der Waals surface area contributed by atoms with Gasteiger partial charge in [0, 0.05) is 19.0 Å². The normalized spacial score (nSPS) is 28.7. The van der Waals surface area contributed by atoms with Crippen LogP contribution in [0.3, 0.4) is 0 Å². The first-order valence-electron chi connectivity index (χ1n) is 7.26. The number of nitrogens with two attached hydrogens (primary N) is 1. The molecule has 2 bridgehead atoms. The predicted octanol–water partition coefficient (Wildman–Crippen LogP) is -0.901. The highest BCUT2D eigenvalue weighted by Crippen LogP contribution is 2.27. The van der Waals surface area contributed by atoms with Crippen LogP contribution in [0.5, 0.6) is 0 Å². The third-order valence-electron chi connectivity index (χ3n) is 4.26. The smallest absolute Gasteiger partial charge is 0.326 e. The molecular weight excluding hydrogens is 276 g/mol. The fourth-order valence-corrected chi connectivity index (χ4v) is 3.04. The molecule has 118 valence electrons. The number of aliphatic carboxylic acids is 1. The van der Waals surface area contributed by atoms with E-state index in [-0.39, 0.29) is 18.9 Å². The maximum Gasteiger partial charge on any atom is 0.326 e. The number of primary amides is 1. The van der Waals surface area contributed by atoms with Crippen molar-refractivity contribution < 1.29 is 19.5 Å². The highest BCUT2D eigenvalue weighted by atomic mass is 16.4. The molecule has 5 N–H and O–H groups in total. The summed E-state index contributed by atoms with van der Waals surface area (Å²) in [6.45, 7) is 2.96. The van der Waals surface area contributed by atoms with Gasteiger partial charge in [-0.1, -0.05) is 0 Å². The quantitative estimate of drug-likeness (QED) is 0.506. The summed E-state index contributed by atoms with van der Waals surface area (Å²) >= 11 is 0. The van der Waals surface area contributed by atoms with E-state index in [9.17, 15) is 14.4 Å². The number of carboxylic acid groups (broad SMARTS) is 1. The van der Waals surface area contributed by atoms with Crippen LogP contribution in [0.4, 0.5) is 4.79 Å². The van der Waals surface area contributed by atoms with Gasteiger partial charge >= 0.3 is 12.0 Å². The van der Waals surface area contributed by atoms with E-state index in [4.69, 9.17) is 10.8 Å². The van der Waals surface area contributed by atoms with Crippen LogP contribution in [0.25, 0.3) is 0 Å². The van der Waals surface area contributed by atoms with Crippen molar-refractivity contribution in [1.29, 1.82) is 0 Å². The van der Waals surface area contributed by atoms with Gasteiger partial charge in [-0.3, -0.25) is 4.79 Å². The average Bonchev–Trinajstić information content (AvgIpc) is 2.44. The molecule has 0 aromatic rings. The van der Waals surface area contributed by atoms with E-state index in [0.29, 0.717) is 5.92 Å². The largest absolute Gasteiger partial charge is 0.480 e. The standard InChI is InChI=1S/C13H22N4O4/c14-11(18)2-1-9(12(19)20)15-13(21)16-10-7-17-5-3-8(10)4-6-17/h8-10H,1-7H2,(H2,14,18)(H,19,20)(H2,15,16,21)/t9-,10?/m0/s1. The van der Waals surface area contributed by atoms with Gasteiger partial charge in [0.2, 0.25) is 5.91 Å². The second-order valence-electron chi connectivity index (χ2n) is 5.76. The molecule has 8 nitrogen and oxygen atoms in total. The van der Waals surface area contributed by atoms with E-state index in [1.807, 2.05) is 0 Å². The molecule has 0 aromatic heterocycles. The number of hydrogen-bond donors (Lipinski definition) is 4. The Morgan fingerprint density at radius 3 is 2.43 bits per heavy atom. The summed E-state index contributed by atoms with van der Waals surface area (Å²) in [7, 11) is 0. The van der Waals surface area contributed by atoms with Crippen LogP contribution in [0, 0.1) is 5.92 Å². The highest BCUT2D eigenvalue weighted by Gasteiger charge is 2.35. The molecule has 3 rings (SSSR count). The minimum Gasteiger partial charge on any atom is -0.480 e. The zero-order valence-corrected chi connectivity index (χ0v) is 11.9. The second kappa shape index (κ2) is 6.75.